The molecule has 0 spiro atoms. The molecule has 0 aliphatic carbocycles. The van der Waals surface area contributed by atoms with Crippen LogP contribution in [0.1, 0.15) is 20.3 Å². The highest BCUT2D eigenvalue weighted by Gasteiger charge is 2.39. The summed E-state index contributed by atoms with van der Waals surface area (Å²) < 4.78 is 11.3. The monoisotopic (exact) mass is 274 g/mol. The zero-order valence-electron chi connectivity index (χ0n) is 12.0. The summed E-state index contributed by atoms with van der Waals surface area (Å²) in [4.78, 5) is 1.34. The first kappa shape index (κ1) is 14.7. The molecule has 0 aromatic carbocycles. The van der Waals surface area contributed by atoms with Crippen LogP contribution in [0, 0.1) is 22.7 Å². The van der Waals surface area contributed by atoms with Gasteiger partial charge in [-0.25, -0.2) is 0 Å². The second kappa shape index (κ2) is 6.19. The molecule has 0 saturated carbocycles. The zero-order valence-corrected chi connectivity index (χ0v) is 12.0. The fraction of sp³-hybridized carbons (Fsp3) is 0.600. The summed E-state index contributed by atoms with van der Waals surface area (Å²) >= 11 is 0. The fourth-order valence-corrected chi connectivity index (χ4v) is 2.93. The maximum Gasteiger partial charge on any atom is 0.142 e. The minimum atomic E-state index is -0.368. The first-order valence-electron chi connectivity index (χ1n) is 6.91. The summed E-state index contributed by atoms with van der Waals surface area (Å²) in [5.41, 5.74) is 2.02. The number of quaternary nitrogens is 1. The SMILES string of the molecule is CC1(C)OCCC(C=C(C#N)C#N)=C1[NH+]1CCOCC1. The molecule has 0 aromatic heterocycles. The number of hydrogen-bond acceptors (Lipinski definition) is 4. The molecule has 5 nitrogen and oxygen atoms in total. The number of hydrogen-bond donors (Lipinski definition) is 1. The van der Waals surface area contributed by atoms with Crippen molar-refractivity contribution in [1.29, 1.82) is 10.5 Å². The second-order valence-electron chi connectivity index (χ2n) is 5.51. The van der Waals surface area contributed by atoms with Crippen LogP contribution in [0.2, 0.25) is 0 Å². The third-order valence-corrected chi connectivity index (χ3v) is 3.77. The van der Waals surface area contributed by atoms with E-state index in [0.29, 0.717) is 6.61 Å². The standard InChI is InChI=1S/C15H19N3O2/c1-15(2)14(18-4-7-19-8-5-18)13(3-6-20-15)9-12(10-16)11-17/h9H,3-8H2,1-2H3/p+1. The predicted molar refractivity (Wildman–Crippen MR) is 72.5 cm³/mol. The first-order valence-corrected chi connectivity index (χ1v) is 6.91. The fourth-order valence-electron chi connectivity index (χ4n) is 2.93. The Balaban J connectivity index is 2.44. The highest BCUT2D eigenvalue weighted by Crippen LogP contribution is 2.28. The molecule has 2 heterocycles. The van der Waals surface area contributed by atoms with Crippen molar-refractivity contribution in [2.75, 3.05) is 32.9 Å². The average Bonchev–Trinajstić information content (AvgIpc) is 2.44. The van der Waals surface area contributed by atoms with Crippen molar-refractivity contribution in [3.05, 3.63) is 22.9 Å². The van der Waals surface area contributed by atoms with E-state index in [2.05, 4.69) is 13.8 Å². The van der Waals surface area contributed by atoms with Crippen LogP contribution >= 0.6 is 0 Å². The number of ether oxygens (including phenoxy) is 2. The van der Waals surface area contributed by atoms with E-state index in [1.807, 2.05) is 12.1 Å². The van der Waals surface area contributed by atoms with E-state index in [-0.39, 0.29) is 11.2 Å². The minimum absolute atomic E-state index is 0.155. The van der Waals surface area contributed by atoms with E-state index in [1.54, 1.807) is 6.08 Å². The van der Waals surface area contributed by atoms with Crippen molar-refractivity contribution in [3.63, 3.8) is 0 Å². The number of rotatable bonds is 2. The van der Waals surface area contributed by atoms with Gasteiger partial charge in [-0.2, -0.15) is 10.5 Å². The molecule has 1 fully saturated rings. The molecule has 1 N–H and O–H groups in total. The molecule has 0 amide bonds. The first-order chi connectivity index (χ1) is 9.58. The average molecular weight is 274 g/mol. The molecule has 2 rings (SSSR count). The van der Waals surface area contributed by atoms with Crippen molar-refractivity contribution in [2.45, 2.75) is 25.9 Å². The second-order valence-corrected chi connectivity index (χ2v) is 5.51. The van der Waals surface area contributed by atoms with Gasteiger partial charge in [-0.1, -0.05) is 0 Å². The van der Waals surface area contributed by atoms with Gasteiger partial charge in [-0.3, -0.25) is 4.90 Å². The summed E-state index contributed by atoms with van der Waals surface area (Å²) in [6.45, 7) is 7.98. The van der Waals surface area contributed by atoms with E-state index in [0.717, 1.165) is 44.0 Å². The molecule has 0 aromatic rings. The van der Waals surface area contributed by atoms with Crippen LogP contribution in [0.5, 0.6) is 0 Å². The lowest BCUT2D eigenvalue weighted by Crippen LogP contribution is -3.14. The molecule has 0 atom stereocenters. The van der Waals surface area contributed by atoms with Crippen LogP contribution in [0.4, 0.5) is 0 Å². The van der Waals surface area contributed by atoms with Crippen molar-refractivity contribution in [1.82, 2.24) is 0 Å². The summed E-state index contributed by atoms with van der Waals surface area (Å²) in [7, 11) is 0. The largest absolute Gasteiger partial charge is 0.370 e. The molecular formula is C15H20N3O2+. The maximum atomic E-state index is 8.96. The molecule has 1 saturated heterocycles. The molecule has 0 bridgehead atoms. The molecular weight excluding hydrogens is 254 g/mol. The van der Waals surface area contributed by atoms with Crippen LogP contribution in [-0.2, 0) is 9.47 Å². The van der Waals surface area contributed by atoms with Crippen molar-refractivity contribution in [2.24, 2.45) is 0 Å². The number of nitriles is 2. The molecule has 0 unspecified atom stereocenters. The van der Waals surface area contributed by atoms with Gasteiger partial charge in [0.05, 0.1) is 19.8 Å². The van der Waals surface area contributed by atoms with Crippen molar-refractivity contribution >= 4 is 0 Å². The van der Waals surface area contributed by atoms with E-state index < -0.39 is 0 Å². The number of allylic oxidation sites excluding steroid dienone is 2. The quantitative estimate of drug-likeness (QED) is 0.737. The van der Waals surface area contributed by atoms with E-state index in [9.17, 15) is 0 Å². The molecule has 20 heavy (non-hydrogen) atoms. The van der Waals surface area contributed by atoms with Gasteiger partial charge in [0, 0.05) is 12.0 Å². The van der Waals surface area contributed by atoms with Gasteiger partial charge < -0.3 is 9.47 Å². The van der Waals surface area contributed by atoms with E-state index in [1.165, 1.54) is 4.90 Å². The lowest BCUT2D eigenvalue weighted by molar-refractivity contribution is -0.876. The Labute approximate surface area is 119 Å². The van der Waals surface area contributed by atoms with Crippen LogP contribution < -0.4 is 4.90 Å². The van der Waals surface area contributed by atoms with E-state index >= 15 is 0 Å². The van der Waals surface area contributed by atoms with Crippen LogP contribution in [0.25, 0.3) is 0 Å². The molecule has 0 radical (unpaired) electrons. The molecule has 2 aliphatic heterocycles. The summed E-state index contributed by atoms with van der Waals surface area (Å²) in [5, 5.41) is 17.9. The Hall–Kier alpha value is -1.66. The summed E-state index contributed by atoms with van der Waals surface area (Å²) in [5.74, 6) is 0. The topological polar surface area (TPSA) is 70.5 Å². The Bertz CT molecular complexity index is 498. The third-order valence-electron chi connectivity index (χ3n) is 3.77. The van der Waals surface area contributed by atoms with Crippen LogP contribution in [0.15, 0.2) is 22.9 Å². The summed E-state index contributed by atoms with van der Waals surface area (Å²) in [6.07, 6.45) is 2.47. The van der Waals surface area contributed by atoms with Gasteiger partial charge in [0.2, 0.25) is 0 Å². The van der Waals surface area contributed by atoms with Gasteiger partial charge in [0.25, 0.3) is 0 Å². The highest BCUT2D eigenvalue weighted by molar-refractivity contribution is 5.43. The smallest absolute Gasteiger partial charge is 0.142 e. The Morgan fingerprint density at radius 1 is 1.20 bits per heavy atom. The van der Waals surface area contributed by atoms with Gasteiger partial charge >= 0.3 is 0 Å². The predicted octanol–water partition coefficient (Wildman–Crippen LogP) is 0.328. The lowest BCUT2D eigenvalue weighted by Gasteiger charge is -2.38. The molecule has 5 heteroatoms. The van der Waals surface area contributed by atoms with E-state index in [4.69, 9.17) is 20.0 Å². The lowest BCUT2D eigenvalue weighted by atomic mass is 9.92. The van der Waals surface area contributed by atoms with Crippen LogP contribution in [0.3, 0.4) is 0 Å². The Morgan fingerprint density at radius 3 is 2.45 bits per heavy atom. The van der Waals surface area contributed by atoms with Crippen molar-refractivity contribution < 1.29 is 14.4 Å². The third kappa shape index (κ3) is 3.08. The number of nitrogens with zero attached hydrogens (tertiary/aromatic N) is 2. The Morgan fingerprint density at radius 2 is 1.85 bits per heavy atom. The minimum Gasteiger partial charge on any atom is -0.370 e. The van der Waals surface area contributed by atoms with Gasteiger partial charge in [-0.05, 0) is 19.9 Å². The van der Waals surface area contributed by atoms with Gasteiger partial charge in [0.1, 0.15) is 42.1 Å². The Kier molecular flexibility index (Phi) is 4.57. The van der Waals surface area contributed by atoms with Gasteiger partial charge in [0.15, 0.2) is 0 Å². The van der Waals surface area contributed by atoms with Crippen molar-refractivity contribution in [3.8, 4) is 12.1 Å². The number of nitrogens with one attached hydrogen (secondary N) is 1. The summed E-state index contributed by atoms with van der Waals surface area (Å²) in [6, 6.07) is 3.88. The molecule has 2 aliphatic rings. The maximum absolute atomic E-state index is 8.96. The zero-order chi connectivity index (χ0) is 14.6. The molecule has 106 valence electrons. The van der Waals surface area contributed by atoms with Gasteiger partial charge in [-0.15, -0.1) is 0 Å². The number of morpholine rings is 1. The van der Waals surface area contributed by atoms with Crippen LogP contribution in [-0.4, -0.2) is 38.5 Å². The highest BCUT2D eigenvalue weighted by atomic mass is 16.5. The normalized spacial score (nSPS) is 22.8.